The molecule has 15 heteroatoms. The molecule has 208 valence electrons. The van der Waals surface area contributed by atoms with Crippen molar-refractivity contribution in [1.82, 2.24) is 9.55 Å². The number of carbonyl (C=O) groups is 2. The third kappa shape index (κ3) is 9.80. The van der Waals surface area contributed by atoms with Gasteiger partial charge in [-0.1, -0.05) is 19.1 Å². The zero-order valence-electron chi connectivity index (χ0n) is 21.6. The van der Waals surface area contributed by atoms with Crippen molar-refractivity contribution in [2.45, 2.75) is 66.2 Å². The molecule has 1 heterocycles. The molecule has 1 aromatic rings. The van der Waals surface area contributed by atoms with E-state index in [1.807, 2.05) is 0 Å². The number of hydrogen-bond donors (Lipinski definition) is 1. The van der Waals surface area contributed by atoms with E-state index in [2.05, 4.69) is 4.98 Å². The number of phosphoric acid groups is 1. The Hall–Kier alpha value is -2.93. The number of aryl methyl sites for hydroxylation is 1. The van der Waals surface area contributed by atoms with Crippen molar-refractivity contribution in [3.63, 3.8) is 0 Å². The number of aromatic amines is 1. The average Bonchev–Trinajstić information content (AvgIpc) is 3.16. The summed E-state index contributed by atoms with van der Waals surface area (Å²) in [6.45, 7) is 7.93. The average molecular weight is 548 g/mol. The molecule has 1 N–H and O–H groups in total. The standard InChI is InChI=1S/C22H33N2O12P/c1-14(2)35-20(27)30-12-33-37(29,34-13-31-21(28)36-15(3)4)32-11-22(6)8-7-17(9-22)24-10-16(5)18(25)23-19(24)26/h7-8,10,14-15,17H,9,11-13H2,1-6H3,(H,23,25,26)/t17-,22+/m0/s1. The van der Waals surface area contributed by atoms with E-state index in [1.54, 1.807) is 53.7 Å². The van der Waals surface area contributed by atoms with Crippen molar-refractivity contribution in [1.29, 1.82) is 0 Å². The summed E-state index contributed by atoms with van der Waals surface area (Å²) in [5, 5.41) is 0. The molecule has 37 heavy (non-hydrogen) atoms. The van der Waals surface area contributed by atoms with Crippen LogP contribution in [0.2, 0.25) is 0 Å². The molecule has 0 fully saturated rings. The van der Waals surface area contributed by atoms with Crippen molar-refractivity contribution in [2.24, 2.45) is 5.41 Å². The van der Waals surface area contributed by atoms with E-state index in [0.29, 0.717) is 12.0 Å². The molecule has 14 nitrogen and oxygen atoms in total. The van der Waals surface area contributed by atoms with Crippen molar-refractivity contribution in [3.05, 3.63) is 44.8 Å². The minimum Gasteiger partial charge on any atom is -0.432 e. The first-order chi connectivity index (χ1) is 17.2. The molecule has 0 aliphatic heterocycles. The lowest BCUT2D eigenvalue weighted by molar-refractivity contribution is -0.0481. The van der Waals surface area contributed by atoms with Crippen LogP contribution in [-0.4, -0.2) is 54.3 Å². The zero-order chi connectivity index (χ0) is 27.8. The van der Waals surface area contributed by atoms with Crippen LogP contribution >= 0.6 is 7.82 Å². The Bertz CT molecular complexity index is 1110. The van der Waals surface area contributed by atoms with E-state index in [1.165, 1.54) is 10.8 Å². The molecule has 1 aromatic heterocycles. The SMILES string of the molecule is Cc1cn([C@H]2C=C[C@@](C)(COP(=O)(OCOC(=O)OC(C)C)OCOC(=O)OC(C)C)C2)c(=O)[nH]c1=O. The first-order valence-corrected chi connectivity index (χ1v) is 12.9. The Kier molecular flexibility index (Phi) is 10.7. The van der Waals surface area contributed by atoms with Crippen molar-refractivity contribution >= 4 is 20.1 Å². The van der Waals surface area contributed by atoms with Crippen molar-refractivity contribution in [3.8, 4) is 0 Å². The summed E-state index contributed by atoms with van der Waals surface area (Å²) >= 11 is 0. The van der Waals surface area contributed by atoms with Crippen LogP contribution in [0.25, 0.3) is 0 Å². The summed E-state index contributed by atoms with van der Waals surface area (Å²) in [5.74, 6) is 0. The Labute approximate surface area is 213 Å². The molecule has 1 aliphatic carbocycles. The van der Waals surface area contributed by atoms with E-state index in [9.17, 15) is 23.7 Å². The van der Waals surface area contributed by atoms with Gasteiger partial charge in [-0.15, -0.1) is 0 Å². The zero-order valence-corrected chi connectivity index (χ0v) is 22.5. The predicted molar refractivity (Wildman–Crippen MR) is 128 cm³/mol. The van der Waals surface area contributed by atoms with E-state index in [4.69, 9.17) is 32.5 Å². The molecule has 2 atom stereocenters. The van der Waals surface area contributed by atoms with Crippen LogP contribution in [0.1, 0.15) is 52.6 Å². The number of phosphoric ester groups is 1. The summed E-state index contributed by atoms with van der Waals surface area (Å²) in [6.07, 6.45) is 2.31. The number of carbonyl (C=O) groups excluding carboxylic acids is 2. The molecule has 2 rings (SSSR count). The van der Waals surface area contributed by atoms with Gasteiger partial charge in [0.05, 0.1) is 24.9 Å². The predicted octanol–water partition coefficient (Wildman–Crippen LogP) is 3.55. The van der Waals surface area contributed by atoms with Crippen LogP contribution in [0.3, 0.4) is 0 Å². The van der Waals surface area contributed by atoms with Gasteiger partial charge in [0.25, 0.3) is 5.56 Å². The van der Waals surface area contributed by atoms with E-state index in [-0.39, 0.29) is 6.61 Å². The summed E-state index contributed by atoms with van der Waals surface area (Å²) < 4.78 is 49.1. The van der Waals surface area contributed by atoms with Gasteiger partial charge in [-0.05, 0) is 41.0 Å². The summed E-state index contributed by atoms with van der Waals surface area (Å²) in [5.41, 5.74) is -1.39. The number of aromatic nitrogens is 2. The second-order valence-corrected chi connectivity index (χ2v) is 10.8. The topological polar surface area (TPSA) is 171 Å². The molecular formula is C22H33N2O12P. The summed E-state index contributed by atoms with van der Waals surface area (Å²) in [4.78, 5) is 49.3. The lowest BCUT2D eigenvalue weighted by Crippen LogP contribution is -2.33. The fourth-order valence-electron chi connectivity index (χ4n) is 3.16. The van der Waals surface area contributed by atoms with Gasteiger partial charge in [0.15, 0.2) is 0 Å². The molecule has 0 radical (unpaired) electrons. The molecule has 0 amide bonds. The molecule has 0 saturated heterocycles. The number of allylic oxidation sites excluding steroid dienone is 1. The molecule has 0 aromatic carbocycles. The van der Waals surface area contributed by atoms with Crippen LogP contribution in [0.4, 0.5) is 9.59 Å². The van der Waals surface area contributed by atoms with Crippen molar-refractivity contribution < 1.29 is 46.7 Å². The van der Waals surface area contributed by atoms with E-state index < -0.39 is 68.6 Å². The van der Waals surface area contributed by atoms with E-state index in [0.717, 1.165) is 0 Å². The van der Waals surface area contributed by atoms with Gasteiger partial charge < -0.3 is 18.9 Å². The van der Waals surface area contributed by atoms with Gasteiger partial charge in [0.2, 0.25) is 13.6 Å². The number of ether oxygens (including phenoxy) is 4. The maximum absolute atomic E-state index is 13.2. The molecule has 0 saturated carbocycles. The smallest absolute Gasteiger partial charge is 0.432 e. The first-order valence-electron chi connectivity index (χ1n) is 11.4. The maximum Gasteiger partial charge on any atom is 0.510 e. The lowest BCUT2D eigenvalue weighted by atomic mass is 9.90. The highest BCUT2D eigenvalue weighted by Crippen LogP contribution is 2.52. The van der Waals surface area contributed by atoms with Gasteiger partial charge in [-0.3, -0.25) is 18.9 Å². The molecule has 0 bridgehead atoms. The normalized spacial score (nSPS) is 19.3. The Morgan fingerprint density at radius 1 is 1.05 bits per heavy atom. The first kappa shape index (κ1) is 30.3. The van der Waals surface area contributed by atoms with Crippen molar-refractivity contribution in [2.75, 3.05) is 20.2 Å². The highest BCUT2D eigenvalue weighted by molar-refractivity contribution is 7.48. The van der Waals surface area contributed by atoms with Crippen LogP contribution in [0.5, 0.6) is 0 Å². The maximum atomic E-state index is 13.2. The molecule has 0 spiro atoms. The van der Waals surface area contributed by atoms with Gasteiger partial charge in [0.1, 0.15) is 0 Å². The number of nitrogens with zero attached hydrogens (tertiary/aromatic N) is 1. The van der Waals surface area contributed by atoms with Gasteiger partial charge in [-0.2, -0.15) is 0 Å². The largest absolute Gasteiger partial charge is 0.510 e. The van der Waals surface area contributed by atoms with E-state index >= 15 is 0 Å². The highest BCUT2D eigenvalue weighted by Gasteiger charge is 2.37. The third-order valence-corrected chi connectivity index (χ3v) is 6.18. The van der Waals surface area contributed by atoms with Gasteiger partial charge in [-0.25, -0.2) is 28.0 Å². The number of nitrogens with one attached hydrogen (secondary N) is 1. The number of hydrogen-bond acceptors (Lipinski definition) is 12. The fourth-order valence-corrected chi connectivity index (χ4v) is 4.20. The minimum absolute atomic E-state index is 0.207. The second kappa shape index (κ2) is 13.0. The van der Waals surface area contributed by atoms with Crippen LogP contribution in [-0.2, 0) is 37.1 Å². The third-order valence-electron chi connectivity index (χ3n) is 4.89. The molecule has 1 aliphatic rings. The lowest BCUT2D eigenvalue weighted by Gasteiger charge is -2.26. The monoisotopic (exact) mass is 548 g/mol. The Morgan fingerprint density at radius 3 is 2.11 bits per heavy atom. The second-order valence-electron chi connectivity index (χ2n) is 9.10. The van der Waals surface area contributed by atoms with Gasteiger partial charge in [0, 0.05) is 17.2 Å². The fraction of sp³-hybridized carbons (Fsp3) is 0.636. The summed E-state index contributed by atoms with van der Waals surface area (Å²) in [7, 11) is -4.43. The molecule has 0 unspecified atom stereocenters. The van der Waals surface area contributed by atoms with Crippen LogP contribution < -0.4 is 11.2 Å². The summed E-state index contributed by atoms with van der Waals surface area (Å²) in [6, 6.07) is -0.402. The van der Waals surface area contributed by atoms with Crippen LogP contribution in [0, 0.1) is 12.3 Å². The minimum atomic E-state index is -4.43. The molecular weight excluding hydrogens is 515 g/mol. The Balaban J connectivity index is 2.03. The number of rotatable bonds is 12. The van der Waals surface area contributed by atoms with Gasteiger partial charge >= 0.3 is 25.8 Å². The van der Waals surface area contributed by atoms with Crippen LogP contribution in [0.15, 0.2) is 27.9 Å². The number of H-pyrrole nitrogens is 1. The Morgan fingerprint density at radius 2 is 1.59 bits per heavy atom. The highest BCUT2D eigenvalue weighted by atomic mass is 31.2. The quantitative estimate of drug-likeness (QED) is 0.175.